The van der Waals surface area contributed by atoms with Gasteiger partial charge in [-0.1, -0.05) is 19.3 Å². The van der Waals surface area contributed by atoms with E-state index in [2.05, 4.69) is 0 Å². The minimum atomic E-state index is -4.41. The van der Waals surface area contributed by atoms with Crippen LogP contribution in [0.1, 0.15) is 60.9 Å². The number of halogens is 3. The van der Waals surface area contributed by atoms with Crippen LogP contribution in [0.25, 0.3) is 0 Å². The molecule has 4 nitrogen and oxygen atoms in total. The molecule has 1 aliphatic carbocycles. The van der Waals surface area contributed by atoms with Gasteiger partial charge in [-0.2, -0.15) is 13.2 Å². The normalized spacial score (nSPS) is 19.2. The molecular formula is C22H29F3N2O2. The molecule has 7 heteroatoms. The second kappa shape index (κ2) is 9.18. The number of nitrogens with zero attached hydrogens (tertiary/aromatic N) is 2. The topological polar surface area (TPSA) is 40.6 Å². The lowest BCUT2D eigenvalue weighted by molar-refractivity contribution is -0.137. The van der Waals surface area contributed by atoms with Crippen LogP contribution in [0.5, 0.6) is 0 Å². The van der Waals surface area contributed by atoms with Gasteiger partial charge in [-0.05, 0) is 55.9 Å². The molecule has 29 heavy (non-hydrogen) atoms. The second-order valence-corrected chi connectivity index (χ2v) is 8.36. The van der Waals surface area contributed by atoms with Gasteiger partial charge in [0.05, 0.1) is 5.56 Å². The molecule has 1 aromatic carbocycles. The number of amides is 2. The molecule has 1 aliphatic heterocycles. The van der Waals surface area contributed by atoms with Crippen LogP contribution < -0.4 is 0 Å². The van der Waals surface area contributed by atoms with E-state index in [0.717, 1.165) is 18.7 Å². The first-order valence-electron chi connectivity index (χ1n) is 10.5. The fourth-order valence-corrected chi connectivity index (χ4v) is 4.47. The van der Waals surface area contributed by atoms with E-state index in [4.69, 9.17) is 0 Å². The van der Waals surface area contributed by atoms with Crippen LogP contribution in [0.3, 0.4) is 0 Å². The van der Waals surface area contributed by atoms with Crippen molar-refractivity contribution in [3.63, 3.8) is 0 Å². The van der Waals surface area contributed by atoms with E-state index in [1.807, 2.05) is 11.9 Å². The lowest BCUT2D eigenvalue weighted by Gasteiger charge is -2.34. The summed E-state index contributed by atoms with van der Waals surface area (Å²) >= 11 is 0. The molecule has 2 aliphatic rings. The van der Waals surface area contributed by atoms with E-state index in [1.165, 1.54) is 44.2 Å². The van der Waals surface area contributed by atoms with Gasteiger partial charge in [0.15, 0.2) is 0 Å². The van der Waals surface area contributed by atoms with Gasteiger partial charge >= 0.3 is 6.18 Å². The Labute approximate surface area is 170 Å². The van der Waals surface area contributed by atoms with E-state index in [0.29, 0.717) is 31.8 Å². The molecule has 0 spiro atoms. The van der Waals surface area contributed by atoms with Crippen molar-refractivity contribution in [2.24, 2.45) is 11.8 Å². The molecule has 1 saturated heterocycles. The van der Waals surface area contributed by atoms with Gasteiger partial charge in [0, 0.05) is 38.2 Å². The molecule has 1 heterocycles. The minimum Gasteiger partial charge on any atom is -0.345 e. The number of piperidine rings is 1. The molecule has 0 unspecified atom stereocenters. The summed E-state index contributed by atoms with van der Waals surface area (Å²) < 4.78 is 38.0. The summed E-state index contributed by atoms with van der Waals surface area (Å²) in [5.41, 5.74) is -0.517. The summed E-state index contributed by atoms with van der Waals surface area (Å²) in [7, 11) is 1.87. The van der Waals surface area contributed by atoms with E-state index in [-0.39, 0.29) is 23.3 Å². The summed E-state index contributed by atoms with van der Waals surface area (Å²) in [5, 5.41) is 0. The third kappa shape index (κ3) is 5.52. The Morgan fingerprint density at radius 3 is 2.14 bits per heavy atom. The SMILES string of the molecule is CN(CC1CCCCC1)C(=O)C1CCN(C(=O)c2ccc(C(F)(F)F)cc2)CC1. The highest BCUT2D eigenvalue weighted by Crippen LogP contribution is 2.30. The minimum absolute atomic E-state index is 0.0831. The molecule has 0 aromatic heterocycles. The maximum absolute atomic E-state index is 12.8. The number of carbonyl (C=O) groups excluding carboxylic acids is 2. The highest BCUT2D eigenvalue weighted by Gasteiger charge is 2.32. The predicted molar refractivity (Wildman–Crippen MR) is 104 cm³/mol. The van der Waals surface area contributed by atoms with Crippen molar-refractivity contribution < 1.29 is 22.8 Å². The van der Waals surface area contributed by atoms with Crippen LogP contribution >= 0.6 is 0 Å². The van der Waals surface area contributed by atoms with Gasteiger partial charge in [-0.15, -0.1) is 0 Å². The van der Waals surface area contributed by atoms with Gasteiger partial charge in [0.2, 0.25) is 5.91 Å². The Kier molecular flexibility index (Phi) is 6.85. The maximum atomic E-state index is 12.8. The summed E-state index contributed by atoms with van der Waals surface area (Å²) in [6.07, 6.45) is 2.95. The van der Waals surface area contributed by atoms with Gasteiger partial charge in [-0.3, -0.25) is 9.59 Å². The van der Waals surface area contributed by atoms with Crippen molar-refractivity contribution in [3.8, 4) is 0 Å². The Morgan fingerprint density at radius 2 is 1.59 bits per heavy atom. The number of alkyl halides is 3. The van der Waals surface area contributed by atoms with Crippen LogP contribution in [0.2, 0.25) is 0 Å². The molecule has 160 valence electrons. The molecular weight excluding hydrogens is 381 g/mol. The first-order chi connectivity index (χ1) is 13.8. The van der Waals surface area contributed by atoms with Crippen LogP contribution in [-0.2, 0) is 11.0 Å². The average molecular weight is 410 g/mol. The summed E-state index contributed by atoms with van der Waals surface area (Å²) in [6, 6.07) is 4.31. The first-order valence-corrected chi connectivity index (χ1v) is 10.5. The lowest BCUT2D eigenvalue weighted by atomic mass is 9.88. The van der Waals surface area contributed by atoms with Crippen molar-refractivity contribution in [1.82, 2.24) is 9.80 Å². The highest BCUT2D eigenvalue weighted by atomic mass is 19.4. The second-order valence-electron chi connectivity index (χ2n) is 8.36. The smallest absolute Gasteiger partial charge is 0.345 e. The molecule has 2 fully saturated rings. The van der Waals surface area contributed by atoms with Crippen LogP contribution in [0, 0.1) is 11.8 Å². The Balaban J connectivity index is 1.50. The zero-order chi connectivity index (χ0) is 21.0. The number of hydrogen-bond acceptors (Lipinski definition) is 2. The summed E-state index contributed by atoms with van der Waals surface area (Å²) in [6.45, 7) is 1.71. The summed E-state index contributed by atoms with van der Waals surface area (Å²) in [5.74, 6) is 0.386. The highest BCUT2D eigenvalue weighted by molar-refractivity contribution is 5.94. The average Bonchev–Trinajstić information content (AvgIpc) is 2.73. The van der Waals surface area contributed by atoms with Crippen molar-refractivity contribution in [2.45, 2.75) is 51.1 Å². The predicted octanol–water partition coefficient (Wildman–Crippen LogP) is 4.60. The van der Waals surface area contributed by atoms with Gasteiger partial charge < -0.3 is 9.80 Å². The van der Waals surface area contributed by atoms with E-state index in [1.54, 1.807) is 4.90 Å². The molecule has 0 bridgehead atoms. The number of carbonyl (C=O) groups is 2. The van der Waals surface area contributed by atoms with E-state index in [9.17, 15) is 22.8 Å². The number of benzene rings is 1. The standard InChI is InChI=1S/C22H29F3N2O2/c1-26(15-16-5-3-2-4-6-16)20(28)18-11-13-27(14-12-18)21(29)17-7-9-19(10-8-17)22(23,24)25/h7-10,16,18H,2-6,11-15H2,1H3. The van der Waals surface area contributed by atoms with Crippen molar-refractivity contribution in [1.29, 1.82) is 0 Å². The molecule has 1 aromatic rings. The first kappa shape index (κ1) is 21.7. The quantitative estimate of drug-likeness (QED) is 0.728. The zero-order valence-electron chi connectivity index (χ0n) is 16.9. The fraction of sp³-hybridized carbons (Fsp3) is 0.636. The molecule has 1 saturated carbocycles. The van der Waals surface area contributed by atoms with Crippen molar-refractivity contribution in [3.05, 3.63) is 35.4 Å². The molecule has 0 atom stereocenters. The lowest BCUT2D eigenvalue weighted by Crippen LogP contribution is -2.44. The Bertz CT molecular complexity index is 704. The molecule has 2 amide bonds. The Hall–Kier alpha value is -2.05. The fourth-order valence-electron chi connectivity index (χ4n) is 4.47. The number of likely N-dealkylation sites (tertiary alicyclic amines) is 1. The largest absolute Gasteiger partial charge is 0.416 e. The van der Waals surface area contributed by atoms with Crippen LogP contribution in [-0.4, -0.2) is 48.3 Å². The molecule has 3 rings (SSSR count). The van der Waals surface area contributed by atoms with Crippen LogP contribution in [0.15, 0.2) is 24.3 Å². The van der Waals surface area contributed by atoms with Gasteiger partial charge in [-0.25, -0.2) is 0 Å². The summed E-state index contributed by atoms with van der Waals surface area (Å²) in [4.78, 5) is 28.8. The van der Waals surface area contributed by atoms with Gasteiger partial charge in [0.25, 0.3) is 5.91 Å². The Morgan fingerprint density at radius 1 is 1.00 bits per heavy atom. The van der Waals surface area contributed by atoms with E-state index < -0.39 is 11.7 Å². The maximum Gasteiger partial charge on any atom is 0.416 e. The third-order valence-electron chi connectivity index (χ3n) is 6.22. The number of hydrogen-bond donors (Lipinski definition) is 0. The van der Waals surface area contributed by atoms with Crippen molar-refractivity contribution >= 4 is 11.8 Å². The zero-order valence-corrected chi connectivity index (χ0v) is 16.9. The van der Waals surface area contributed by atoms with E-state index >= 15 is 0 Å². The third-order valence-corrected chi connectivity index (χ3v) is 6.22. The molecule has 0 radical (unpaired) electrons. The van der Waals surface area contributed by atoms with Crippen LogP contribution in [0.4, 0.5) is 13.2 Å². The van der Waals surface area contributed by atoms with Gasteiger partial charge in [0.1, 0.15) is 0 Å². The van der Waals surface area contributed by atoms with Crippen molar-refractivity contribution in [2.75, 3.05) is 26.7 Å². The number of rotatable bonds is 4. The molecule has 0 N–H and O–H groups in total. The monoisotopic (exact) mass is 410 g/mol.